The molecule has 4 heteroatoms. The third-order valence-electron chi connectivity index (χ3n) is 2.24. The molecule has 1 unspecified atom stereocenters. The van der Waals surface area contributed by atoms with Gasteiger partial charge >= 0.3 is 5.97 Å². The first-order chi connectivity index (χ1) is 8.13. The number of hydrogen-bond donors (Lipinski definition) is 2. The van der Waals surface area contributed by atoms with E-state index in [0.717, 1.165) is 23.0 Å². The molecule has 0 aromatic heterocycles. The summed E-state index contributed by atoms with van der Waals surface area (Å²) in [5.74, 6) is -0.182. The van der Waals surface area contributed by atoms with Gasteiger partial charge in [0.15, 0.2) is 0 Å². The molecule has 3 nitrogen and oxygen atoms in total. The first-order valence-corrected chi connectivity index (χ1v) is 6.39. The molecule has 0 radical (unpaired) electrons. The molecule has 0 aliphatic carbocycles. The minimum Gasteiger partial charge on any atom is -0.478 e. The lowest BCUT2D eigenvalue weighted by Gasteiger charge is -2.09. The van der Waals surface area contributed by atoms with Gasteiger partial charge in [0.1, 0.15) is 0 Å². The summed E-state index contributed by atoms with van der Waals surface area (Å²) in [6, 6.07) is 7.67. The molecule has 2 N–H and O–H groups in total. The summed E-state index contributed by atoms with van der Waals surface area (Å²) in [7, 11) is 0. The molecule has 1 aromatic rings. The molecule has 1 rings (SSSR count). The lowest BCUT2D eigenvalue weighted by molar-refractivity contribution is -0.131. The molecule has 0 saturated carbocycles. The van der Waals surface area contributed by atoms with Crippen LogP contribution in [-0.2, 0) is 10.5 Å². The zero-order chi connectivity index (χ0) is 12.7. The summed E-state index contributed by atoms with van der Waals surface area (Å²) >= 11 is 1.65. The number of thioether (sulfide) groups is 1. The molecule has 17 heavy (non-hydrogen) atoms. The van der Waals surface area contributed by atoms with Gasteiger partial charge in [0.05, 0.1) is 6.61 Å². The number of aliphatic carboxylic acids is 1. The standard InChI is InChI=1S/C13H16O3S/c1-10(8-14)17-9-12-5-3-2-4-11(12)6-7-13(15)16/h2-7,10,14H,8-9H2,1H3,(H,15,16)/b7-6+. The Bertz CT molecular complexity index is 401. The fourth-order valence-electron chi connectivity index (χ4n) is 1.27. The molecule has 0 heterocycles. The average molecular weight is 252 g/mol. The van der Waals surface area contributed by atoms with Crippen LogP contribution in [0.15, 0.2) is 30.3 Å². The zero-order valence-electron chi connectivity index (χ0n) is 9.67. The van der Waals surface area contributed by atoms with Gasteiger partial charge in [-0.1, -0.05) is 31.2 Å². The lowest BCUT2D eigenvalue weighted by Crippen LogP contribution is -2.02. The summed E-state index contributed by atoms with van der Waals surface area (Å²) in [6.07, 6.45) is 2.74. The van der Waals surface area contributed by atoms with E-state index >= 15 is 0 Å². The Morgan fingerprint density at radius 3 is 2.82 bits per heavy atom. The molecule has 92 valence electrons. The smallest absolute Gasteiger partial charge is 0.328 e. The Labute approximate surface area is 105 Å². The van der Waals surface area contributed by atoms with Crippen LogP contribution in [0.25, 0.3) is 6.08 Å². The largest absolute Gasteiger partial charge is 0.478 e. The van der Waals surface area contributed by atoms with Crippen LogP contribution in [0.4, 0.5) is 0 Å². The Morgan fingerprint density at radius 1 is 1.47 bits per heavy atom. The molecular weight excluding hydrogens is 236 g/mol. The SMILES string of the molecule is CC(CO)SCc1ccccc1/C=C/C(=O)O. The fraction of sp³-hybridized carbons (Fsp3) is 0.308. The van der Waals surface area contributed by atoms with Crippen LogP contribution in [0.1, 0.15) is 18.1 Å². The van der Waals surface area contributed by atoms with Crippen molar-refractivity contribution in [1.82, 2.24) is 0 Å². The number of aliphatic hydroxyl groups excluding tert-OH is 1. The maximum Gasteiger partial charge on any atom is 0.328 e. The maximum atomic E-state index is 10.5. The van der Waals surface area contributed by atoms with Crippen molar-refractivity contribution in [3.63, 3.8) is 0 Å². The topological polar surface area (TPSA) is 57.5 Å². The summed E-state index contributed by atoms with van der Waals surface area (Å²) in [4.78, 5) is 10.5. The number of benzene rings is 1. The normalized spacial score (nSPS) is 12.8. The van der Waals surface area contributed by atoms with Crippen LogP contribution >= 0.6 is 11.8 Å². The van der Waals surface area contributed by atoms with Gasteiger partial charge in [0.2, 0.25) is 0 Å². The Morgan fingerprint density at radius 2 is 2.18 bits per heavy atom. The summed E-state index contributed by atoms with van der Waals surface area (Å²) in [5, 5.41) is 17.7. The van der Waals surface area contributed by atoms with Crippen molar-refractivity contribution in [2.24, 2.45) is 0 Å². The molecule has 0 aliphatic heterocycles. The van der Waals surface area contributed by atoms with E-state index in [4.69, 9.17) is 10.2 Å². The van der Waals surface area contributed by atoms with E-state index in [2.05, 4.69) is 0 Å². The van der Waals surface area contributed by atoms with E-state index in [1.807, 2.05) is 31.2 Å². The summed E-state index contributed by atoms with van der Waals surface area (Å²) < 4.78 is 0. The van der Waals surface area contributed by atoms with E-state index in [0.29, 0.717) is 0 Å². The van der Waals surface area contributed by atoms with Crippen molar-refractivity contribution in [1.29, 1.82) is 0 Å². The summed E-state index contributed by atoms with van der Waals surface area (Å²) in [5.41, 5.74) is 1.99. The predicted octanol–water partition coefficient (Wildman–Crippen LogP) is 2.40. The van der Waals surface area contributed by atoms with Gasteiger partial charge in [-0.3, -0.25) is 0 Å². The van der Waals surface area contributed by atoms with Gasteiger partial charge in [-0.25, -0.2) is 4.79 Å². The van der Waals surface area contributed by atoms with Crippen molar-refractivity contribution in [2.75, 3.05) is 6.61 Å². The fourth-order valence-corrected chi connectivity index (χ4v) is 2.11. The van der Waals surface area contributed by atoms with Crippen LogP contribution in [0.3, 0.4) is 0 Å². The highest BCUT2D eigenvalue weighted by atomic mass is 32.2. The second kappa shape index (κ2) is 7.14. The number of aliphatic hydroxyl groups is 1. The van der Waals surface area contributed by atoms with Gasteiger partial charge in [0, 0.05) is 17.1 Å². The average Bonchev–Trinajstić information content (AvgIpc) is 2.34. The van der Waals surface area contributed by atoms with Gasteiger partial charge in [-0.2, -0.15) is 11.8 Å². The zero-order valence-corrected chi connectivity index (χ0v) is 10.5. The number of carboxylic acid groups (broad SMARTS) is 1. The second-order valence-corrected chi connectivity index (χ2v) is 5.10. The molecule has 1 atom stereocenters. The van der Waals surface area contributed by atoms with Gasteiger partial charge in [-0.15, -0.1) is 0 Å². The highest BCUT2D eigenvalue weighted by Gasteiger charge is 2.04. The number of carbonyl (C=O) groups is 1. The molecule has 0 fully saturated rings. The van der Waals surface area contributed by atoms with Crippen LogP contribution in [-0.4, -0.2) is 28.0 Å². The van der Waals surface area contributed by atoms with Crippen molar-refractivity contribution >= 4 is 23.8 Å². The van der Waals surface area contributed by atoms with Crippen molar-refractivity contribution in [2.45, 2.75) is 17.9 Å². The van der Waals surface area contributed by atoms with Crippen molar-refractivity contribution in [3.8, 4) is 0 Å². The highest BCUT2D eigenvalue weighted by molar-refractivity contribution is 7.99. The monoisotopic (exact) mass is 252 g/mol. The molecule has 0 aliphatic rings. The molecule has 0 amide bonds. The quantitative estimate of drug-likeness (QED) is 0.763. The third-order valence-corrected chi connectivity index (χ3v) is 3.44. The summed E-state index contributed by atoms with van der Waals surface area (Å²) in [6.45, 7) is 2.11. The maximum absolute atomic E-state index is 10.5. The van der Waals surface area contributed by atoms with Crippen LogP contribution in [0, 0.1) is 0 Å². The Balaban J connectivity index is 2.74. The van der Waals surface area contributed by atoms with E-state index in [9.17, 15) is 4.79 Å². The van der Waals surface area contributed by atoms with Gasteiger partial charge in [0.25, 0.3) is 0 Å². The minimum absolute atomic E-state index is 0.151. The van der Waals surface area contributed by atoms with Crippen molar-refractivity contribution < 1.29 is 15.0 Å². The third kappa shape index (κ3) is 5.06. The molecular formula is C13H16O3S. The van der Waals surface area contributed by atoms with E-state index in [1.54, 1.807) is 17.8 Å². The van der Waals surface area contributed by atoms with Gasteiger partial charge in [-0.05, 0) is 17.2 Å². The number of carboxylic acids is 1. The van der Waals surface area contributed by atoms with E-state index in [-0.39, 0.29) is 11.9 Å². The van der Waals surface area contributed by atoms with E-state index in [1.165, 1.54) is 0 Å². The first-order valence-electron chi connectivity index (χ1n) is 5.35. The first kappa shape index (κ1) is 13.8. The molecule has 0 saturated heterocycles. The van der Waals surface area contributed by atoms with Crippen molar-refractivity contribution in [3.05, 3.63) is 41.5 Å². The Kier molecular flexibility index (Phi) is 5.80. The molecule has 0 spiro atoms. The van der Waals surface area contributed by atoms with Crippen LogP contribution in [0.5, 0.6) is 0 Å². The van der Waals surface area contributed by atoms with Crippen LogP contribution < -0.4 is 0 Å². The second-order valence-electron chi connectivity index (χ2n) is 3.67. The lowest BCUT2D eigenvalue weighted by atomic mass is 10.1. The highest BCUT2D eigenvalue weighted by Crippen LogP contribution is 2.21. The molecule has 0 bridgehead atoms. The number of hydrogen-bond acceptors (Lipinski definition) is 3. The van der Waals surface area contributed by atoms with E-state index < -0.39 is 5.97 Å². The molecule has 1 aromatic carbocycles. The minimum atomic E-state index is -0.948. The van der Waals surface area contributed by atoms with Crippen LogP contribution in [0.2, 0.25) is 0 Å². The number of rotatable bonds is 6. The van der Waals surface area contributed by atoms with Gasteiger partial charge < -0.3 is 10.2 Å². The Hall–Kier alpha value is -1.26. The predicted molar refractivity (Wildman–Crippen MR) is 71.0 cm³/mol.